The third kappa shape index (κ3) is 5.45. The van der Waals surface area contributed by atoms with Gasteiger partial charge in [-0.25, -0.2) is 4.99 Å². The van der Waals surface area contributed by atoms with Gasteiger partial charge in [-0.1, -0.05) is 31.4 Å². The minimum Gasteiger partial charge on any atom is -0.495 e. The van der Waals surface area contributed by atoms with Crippen LogP contribution in [0.1, 0.15) is 44.7 Å². The molecule has 0 unspecified atom stereocenters. The van der Waals surface area contributed by atoms with Crippen molar-refractivity contribution >= 4 is 22.8 Å². The van der Waals surface area contributed by atoms with E-state index < -0.39 is 0 Å². The van der Waals surface area contributed by atoms with Gasteiger partial charge in [0.1, 0.15) is 17.3 Å². The Labute approximate surface area is 197 Å². The summed E-state index contributed by atoms with van der Waals surface area (Å²) < 4.78 is 7.29. The van der Waals surface area contributed by atoms with E-state index in [0.717, 1.165) is 65.4 Å². The van der Waals surface area contributed by atoms with Gasteiger partial charge < -0.3 is 15.0 Å². The maximum absolute atomic E-state index is 5.49. The molecule has 0 saturated carbocycles. The molecule has 0 amide bonds. The predicted molar refractivity (Wildman–Crippen MR) is 139 cm³/mol. The predicted octanol–water partition coefficient (Wildman–Crippen LogP) is 5.54. The van der Waals surface area contributed by atoms with E-state index in [-0.39, 0.29) is 0 Å². The second-order valence-corrected chi connectivity index (χ2v) is 7.94. The quantitative estimate of drug-likeness (QED) is 0.515. The van der Waals surface area contributed by atoms with Gasteiger partial charge in [0.15, 0.2) is 0 Å². The first-order valence-corrected chi connectivity index (χ1v) is 11.4. The number of aromatic nitrogens is 2. The Bertz CT molecular complexity index is 1100. The molecule has 6 nitrogen and oxygen atoms in total. The highest BCUT2D eigenvalue weighted by molar-refractivity contribution is 5.94. The zero-order valence-corrected chi connectivity index (χ0v) is 20.5. The van der Waals surface area contributed by atoms with Gasteiger partial charge in [-0.2, -0.15) is 5.10 Å². The zero-order valence-electron chi connectivity index (χ0n) is 20.5. The smallest absolute Gasteiger partial charge is 0.137 e. The van der Waals surface area contributed by atoms with Crippen LogP contribution in [0.3, 0.4) is 0 Å². The number of rotatable bonds is 9. The van der Waals surface area contributed by atoms with Gasteiger partial charge >= 0.3 is 0 Å². The van der Waals surface area contributed by atoms with Crippen molar-refractivity contribution in [2.45, 2.75) is 33.6 Å². The summed E-state index contributed by atoms with van der Waals surface area (Å²) in [5.41, 5.74) is 7.10. The fourth-order valence-electron chi connectivity index (χ4n) is 4.08. The van der Waals surface area contributed by atoms with Gasteiger partial charge in [0, 0.05) is 49.7 Å². The van der Waals surface area contributed by atoms with Crippen molar-refractivity contribution in [3.05, 3.63) is 84.0 Å². The minimum atomic E-state index is 0.543. The Morgan fingerprint density at radius 3 is 2.39 bits per heavy atom. The Hall–Kier alpha value is -3.54. The number of ether oxygens (including phenoxy) is 1. The zero-order chi connectivity index (χ0) is 24.0. The number of aryl methyl sites for hydroxylation is 1. The van der Waals surface area contributed by atoms with E-state index in [1.165, 1.54) is 5.69 Å². The molecule has 0 spiro atoms. The van der Waals surface area contributed by atoms with E-state index in [9.17, 15) is 0 Å². The van der Waals surface area contributed by atoms with E-state index in [4.69, 9.17) is 9.73 Å². The monoisotopic (exact) mass is 445 g/mol. The van der Waals surface area contributed by atoms with Crippen molar-refractivity contribution in [3.8, 4) is 0 Å². The summed E-state index contributed by atoms with van der Waals surface area (Å²) in [5, 5.41) is 7.74. The van der Waals surface area contributed by atoms with Crippen LogP contribution in [0.25, 0.3) is 11.3 Å². The molecule has 1 N–H and O–H groups in total. The molecule has 0 bridgehead atoms. The number of aliphatic imine (C=N–C) groups is 1. The second kappa shape index (κ2) is 10.9. The van der Waals surface area contributed by atoms with Gasteiger partial charge in [0.2, 0.25) is 0 Å². The third-order valence-electron chi connectivity index (χ3n) is 5.92. The van der Waals surface area contributed by atoms with E-state index >= 15 is 0 Å². The Kier molecular flexibility index (Phi) is 7.93. The molecule has 1 aromatic carbocycles. The number of allylic oxidation sites excluding steroid dienone is 3. The number of benzene rings is 1. The van der Waals surface area contributed by atoms with Crippen molar-refractivity contribution < 1.29 is 4.74 Å². The molecule has 0 saturated heterocycles. The Morgan fingerprint density at radius 2 is 1.85 bits per heavy atom. The average molecular weight is 446 g/mol. The molecule has 0 atom stereocenters. The lowest BCUT2D eigenvalue weighted by Crippen LogP contribution is -2.25. The highest BCUT2D eigenvalue weighted by Gasteiger charge is 2.22. The summed E-state index contributed by atoms with van der Waals surface area (Å²) in [6.45, 7) is 16.7. The lowest BCUT2D eigenvalue weighted by Gasteiger charge is -2.23. The minimum absolute atomic E-state index is 0.543. The number of nitrogens with one attached hydrogen (secondary N) is 1. The highest BCUT2D eigenvalue weighted by Crippen LogP contribution is 2.35. The number of nitrogens with zero attached hydrogens (tertiary/aromatic N) is 4. The molecule has 33 heavy (non-hydrogen) atoms. The Balaban J connectivity index is 1.86. The van der Waals surface area contributed by atoms with Crippen LogP contribution >= 0.6 is 0 Å². The molecule has 1 aromatic heterocycles. The maximum atomic E-state index is 5.49. The standard InChI is InChI=1S/C27H35N5O/c1-8-24(22-17-28-31(6)18-22)25-15-16-26(30-27(25)20(5)33-7)29-19(4)21-11-13-23(14-12-21)32(9-2)10-3/h8,11-14,17-18H,4-5,9-10,15-16H2,1-3,6-7H3,(H,29,30)/b24-8-. The number of amidine groups is 1. The summed E-state index contributed by atoms with van der Waals surface area (Å²) in [6, 6.07) is 8.48. The van der Waals surface area contributed by atoms with E-state index in [1.54, 1.807) is 11.8 Å². The highest BCUT2D eigenvalue weighted by atomic mass is 16.5. The van der Waals surface area contributed by atoms with Crippen molar-refractivity contribution in [1.29, 1.82) is 0 Å². The first-order chi connectivity index (χ1) is 15.9. The number of hydrogen-bond donors (Lipinski definition) is 1. The number of hydrogen-bond acceptors (Lipinski definition) is 5. The van der Waals surface area contributed by atoms with Crippen LogP contribution in [0.5, 0.6) is 0 Å². The first kappa shape index (κ1) is 24.1. The SMILES string of the molecule is C=C(OC)C1=C(/C(=C\C)c2cnn(C)c2)CCC(NC(=C)c2ccc(N(CC)CC)cc2)=N1. The lowest BCUT2D eigenvalue weighted by molar-refractivity contribution is 0.301. The van der Waals surface area contributed by atoms with E-state index in [0.29, 0.717) is 5.76 Å². The van der Waals surface area contributed by atoms with Gasteiger partial charge in [-0.05, 0) is 56.0 Å². The molecule has 2 heterocycles. The molecule has 1 aliphatic heterocycles. The molecule has 0 aliphatic carbocycles. The molecule has 0 radical (unpaired) electrons. The van der Waals surface area contributed by atoms with Gasteiger partial charge in [-0.15, -0.1) is 0 Å². The molecule has 3 rings (SSSR count). The van der Waals surface area contributed by atoms with Crippen LogP contribution in [0, 0.1) is 0 Å². The van der Waals surface area contributed by atoms with Crippen LogP contribution in [0.4, 0.5) is 5.69 Å². The molecule has 0 fully saturated rings. The first-order valence-electron chi connectivity index (χ1n) is 11.4. The Morgan fingerprint density at radius 1 is 1.15 bits per heavy atom. The third-order valence-corrected chi connectivity index (χ3v) is 5.92. The lowest BCUT2D eigenvalue weighted by atomic mass is 9.92. The second-order valence-electron chi connectivity index (χ2n) is 7.94. The fourth-order valence-corrected chi connectivity index (χ4v) is 4.08. The normalized spacial score (nSPS) is 14.1. The van der Waals surface area contributed by atoms with Crippen LogP contribution in [0.2, 0.25) is 0 Å². The number of methoxy groups -OCH3 is 1. The molecular formula is C27H35N5O. The molecule has 174 valence electrons. The molecule has 6 heteroatoms. The summed E-state index contributed by atoms with van der Waals surface area (Å²) in [7, 11) is 3.54. The van der Waals surface area contributed by atoms with Crippen LogP contribution < -0.4 is 10.2 Å². The summed E-state index contributed by atoms with van der Waals surface area (Å²) in [4.78, 5) is 7.22. The van der Waals surface area contributed by atoms with Crippen LogP contribution in [-0.2, 0) is 11.8 Å². The van der Waals surface area contributed by atoms with Gasteiger partial charge in [-0.3, -0.25) is 4.68 Å². The van der Waals surface area contributed by atoms with Crippen molar-refractivity contribution in [3.63, 3.8) is 0 Å². The van der Waals surface area contributed by atoms with Crippen molar-refractivity contribution in [1.82, 2.24) is 15.1 Å². The molecular weight excluding hydrogens is 410 g/mol. The number of anilines is 1. The largest absolute Gasteiger partial charge is 0.495 e. The van der Waals surface area contributed by atoms with Crippen molar-refractivity contribution in [2.75, 3.05) is 25.1 Å². The van der Waals surface area contributed by atoms with Crippen LogP contribution in [-0.4, -0.2) is 35.8 Å². The summed E-state index contributed by atoms with van der Waals surface area (Å²) in [6.07, 6.45) is 7.56. The van der Waals surface area contributed by atoms with Gasteiger partial charge in [0.25, 0.3) is 0 Å². The maximum Gasteiger partial charge on any atom is 0.137 e. The topological polar surface area (TPSA) is 54.7 Å². The molecule has 2 aromatic rings. The summed E-state index contributed by atoms with van der Waals surface area (Å²) >= 11 is 0. The van der Waals surface area contributed by atoms with E-state index in [2.05, 4.69) is 72.7 Å². The average Bonchev–Trinajstić information content (AvgIpc) is 3.26. The van der Waals surface area contributed by atoms with Crippen LogP contribution in [0.15, 0.2) is 77.9 Å². The van der Waals surface area contributed by atoms with Gasteiger partial charge in [0.05, 0.1) is 13.3 Å². The van der Waals surface area contributed by atoms with Crippen molar-refractivity contribution in [2.24, 2.45) is 12.0 Å². The van der Waals surface area contributed by atoms with E-state index in [1.807, 2.05) is 26.4 Å². The molecule has 1 aliphatic rings. The fraction of sp³-hybridized carbons (Fsp3) is 0.333. The summed E-state index contributed by atoms with van der Waals surface area (Å²) in [5.74, 6) is 1.40.